The molecule has 25 heavy (non-hydrogen) atoms. The second kappa shape index (κ2) is 6.84. The summed E-state index contributed by atoms with van der Waals surface area (Å²) in [4.78, 5) is 27.4. The zero-order valence-corrected chi connectivity index (χ0v) is 14.9. The van der Waals surface area contributed by atoms with Gasteiger partial charge in [-0.25, -0.2) is 0 Å². The maximum absolute atomic E-state index is 12.7. The lowest BCUT2D eigenvalue weighted by Crippen LogP contribution is -2.41. The standard InChI is InChI=1S/C18H23N3O4/c1-9-5-14(25-21-9)6-13-7-24-8-15(13)20-18(23)16-10(2)17(12(4)22)19-11(16)3/h5,13,15,19H,6-8H2,1-4H3,(H,20,23)/t13-,15+/m1/s1. The third-order valence-corrected chi connectivity index (χ3v) is 4.67. The minimum Gasteiger partial charge on any atom is -0.379 e. The van der Waals surface area contributed by atoms with Crippen molar-refractivity contribution >= 4 is 11.7 Å². The molecule has 0 radical (unpaired) electrons. The van der Waals surface area contributed by atoms with Crippen LogP contribution in [-0.2, 0) is 11.2 Å². The fraction of sp³-hybridized carbons (Fsp3) is 0.500. The summed E-state index contributed by atoms with van der Waals surface area (Å²) in [5.41, 5.74) is 3.24. The van der Waals surface area contributed by atoms with E-state index in [1.165, 1.54) is 6.92 Å². The Labute approximate surface area is 146 Å². The van der Waals surface area contributed by atoms with Gasteiger partial charge in [0.25, 0.3) is 5.91 Å². The summed E-state index contributed by atoms with van der Waals surface area (Å²) in [5, 5.41) is 6.94. The third-order valence-electron chi connectivity index (χ3n) is 4.67. The highest BCUT2D eigenvalue weighted by Gasteiger charge is 2.32. The fourth-order valence-electron chi connectivity index (χ4n) is 3.41. The van der Waals surface area contributed by atoms with Gasteiger partial charge in [-0.3, -0.25) is 9.59 Å². The Hall–Kier alpha value is -2.41. The van der Waals surface area contributed by atoms with Crippen LogP contribution in [0.1, 0.15) is 50.5 Å². The van der Waals surface area contributed by atoms with E-state index in [-0.39, 0.29) is 23.7 Å². The van der Waals surface area contributed by atoms with Gasteiger partial charge in [-0.15, -0.1) is 0 Å². The molecule has 1 fully saturated rings. The predicted octanol–water partition coefficient (Wildman–Crippen LogP) is 2.12. The van der Waals surface area contributed by atoms with Crippen LogP contribution in [0.3, 0.4) is 0 Å². The quantitative estimate of drug-likeness (QED) is 0.809. The van der Waals surface area contributed by atoms with Crippen LogP contribution >= 0.6 is 0 Å². The van der Waals surface area contributed by atoms with Gasteiger partial charge in [0.15, 0.2) is 5.78 Å². The zero-order chi connectivity index (χ0) is 18.1. The van der Waals surface area contributed by atoms with Gasteiger partial charge in [0.2, 0.25) is 0 Å². The average Bonchev–Trinajstić information content (AvgIpc) is 3.21. The van der Waals surface area contributed by atoms with Crippen LogP contribution in [0.15, 0.2) is 10.6 Å². The molecule has 0 unspecified atom stereocenters. The number of aromatic nitrogens is 2. The lowest BCUT2D eigenvalue weighted by Gasteiger charge is -2.18. The van der Waals surface area contributed by atoms with E-state index in [9.17, 15) is 9.59 Å². The van der Waals surface area contributed by atoms with Crippen molar-refractivity contribution in [2.45, 2.75) is 40.2 Å². The first kappa shape index (κ1) is 17.4. The summed E-state index contributed by atoms with van der Waals surface area (Å²) in [5.74, 6) is 0.652. The lowest BCUT2D eigenvalue weighted by atomic mass is 9.97. The predicted molar refractivity (Wildman–Crippen MR) is 90.8 cm³/mol. The van der Waals surface area contributed by atoms with Gasteiger partial charge in [0, 0.05) is 31.0 Å². The number of H-pyrrole nitrogens is 1. The van der Waals surface area contributed by atoms with Gasteiger partial charge in [-0.1, -0.05) is 5.16 Å². The molecule has 1 aliphatic rings. The van der Waals surface area contributed by atoms with Crippen LogP contribution in [0.2, 0.25) is 0 Å². The molecule has 3 heterocycles. The summed E-state index contributed by atoms with van der Waals surface area (Å²) in [6.45, 7) is 7.98. The van der Waals surface area contributed by atoms with Crippen molar-refractivity contribution in [3.05, 3.63) is 40.0 Å². The van der Waals surface area contributed by atoms with E-state index in [0.29, 0.717) is 42.1 Å². The maximum atomic E-state index is 12.7. The summed E-state index contributed by atoms with van der Waals surface area (Å²) in [6.07, 6.45) is 0.662. The maximum Gasteiger partial charge on any atom is 0.253 e. The number of hydrogen-bond donors (Lipinski definition) is 2. The van der Waals surface area contributed by atoms with E-state index in [2.05, 4.69) is 15.5 Å². The van der Waals surface area contributed by atoms with Gasteiger partial charge in [-0.2, -0.15) is 0 Å². The lowest BCUT2D eigenvalue weighted by molar-refractivity contribution is 0.0923. The first-order valence-corrected chi connectivity index (χ1v) is 8.37. The van der Waals surface area contributed by atoms with E-state index < -0.39 is 0 Å². The Morgan fingerprint density at radius 1 is 1.32 bits per heavy atom. The number of nitrogens with one attached hydrogen (secondary N) is 2. The number of hydrogen-bond acceptors (Lipinski definition) is 5. The molecule has 7 nitrogen and oxygen atoms in total. The van der Waals surface area contributed by atoms with Crippen LogP contribution in [0.5, 0.6) is 0 Å². The van der Waals surface area contributed by atoms with Crippen molar-refractivity contribution < 1.29 is 18.8 Å². The molecule has 0 aliphatic carbocycles. The molecule has 2 N–H and O–H groups in total. The molecule has 1 aliphatic heterocycles. The highest BCUT2D eigenvalue weighted by Crippen LogP contribution is 2.22. The van der Waals surface area contributed by atoms with Crippen LogP contribution in [0.25, 0.3) is 0 Å². The van der Waals surface area contributed by atoms with Crippen LogP contribution in [-0.4, -0.2) is 41.1 Å². The van der Waals surface area contributed by atoms with Crippen LogP contribution < -0.4 is 5.32 Å². The van der Waals surface area contributed by atoms with Gasteiger partial charge in [0.1, 0.15) is 5.76 Å². The Morgan fingerprint density at radius 2 is 2.08 bits per heavy atom. The molecule has 0 bridgehead atoms. The van der Waals surface area contributed by atoms with Crippen molar-refractivity contribution in [1.82, 2.24) is 15.5 Å². The van der Waals surface area contributed by atoms with E-state index in [0.717, 1.165) is 11.5 Å². The first-order chi connectivity index (χ1) is 11.9. The van der Waals surface area contributed by atoms with Crippen molar-refractivity contribution in [3.63, 3.8) is 0 Å². The molecule has 0 spiro atoms. The highest BCUT2D eigenvalue weighted by atomic mass is 16.5. The molecule has 2 atom stereocenters. The molecule has 7 heteroatoms. The Bertz CT molecular complexity index is 805. The number of amides is 1. The Kier molecular flexibility index (Phi) is 4.76. The second-order valence-corrected chi connectivity index (χ2v) is 6.70. The van der Waals surface area contributed by atoms with Crippen LogP contribution in [0.4, 0.5) is 0 Å². The van der Waals surface area contributed by atoms with Gasteiger partial charge < -0.3 is 19.6 Å². The van der Waals surface area contributed by atoms with Crippen molar-refractivity contribution in [2.75, 3.05) is 13.2 Å². The Balaban J connectivity index is 1.73. The van der Waals surface area contributed by atoms with E-state index >= 15 is 0 Å². The molecule has 0 aromatic carbocycles. The molecule has 1 amide bonds. The second-order valence-electron chi connectivity index (χ2n) is 6.70. The summed E-state index contributed by atoms with van der Waals surface area (Å²) < 4.78 is 10.8. The minimum atomic E-state index is -0.187. The summed E-state index contributed by atoms with van der Waals surface area (Å²) in [7, 11) is 0. The van der Waals surface area contributed by atoms with Gasteiger partial charge in [-0.05, 0) is 26.3 Å². The van der Waals surface area contributed by atoms with E-state index in [1.54, 1.807) is 13.8 Å². The molecule has 1 saturated heterocycles. The largest absolute Gasteiger partial charge is 0.379 e. The van der Waals surface area contributed by atoms with E-state index in [4.69, 9.17) is 9.26 Å². The highest BCUT2D eigenvalue weighted by molar-refractivity contribution is 6.02. The molecular weight excluding hydrogens is 322 g/mol. The monoisotopic (exact) mass is 345 g/mol. The Morgan fingerprint density at radius 3 is 2.68 bits per heavy atom. The molecule has 0 saturated carbocycles. The number of nitrogens with zero attached hydrogens (tertiary/aromatic N) is 1. The topological polar surface area (TPSA) is 97.2 Å². The summed E-state index contributed by atoms with van der Waals surface area (Å²) >= 11 is 0. The van der Waals surface area contributed by atoms with E-state index in [1.807, 2.05) is 13.0 Å². The van der Waals surface area contributed by atoms with Gasteiger partial charge >= 0.3 is 0 Å². The van der Waals surface area contributed by atoms with Crippen molar-refractivity contribution in [3.8, 4) is 0 Å². The minimum absolute atomic E-state index is 0.0811. The zero-order valence-electron chi connectivity index (χ0n) is 14.9. The van der Waals surface area contributed by atoms with Crippen molar-refractivity contribution in [1.29, 1.82) is 0 Å². The molecule has 3 rings (SSSR count). The van der Waals surface area contributed by atoms with Crippen molar-refractivity contribution in [2.24, 2.45) is 5.92 Å². The first-order valence-electron chi connectivity index (χ1n) is 8.37. The number of carbonyl (C=O) groups excluding carboxylic acids is 2. The number of aryl methyl sites for hydroxylation is 2. The smallest absolute Gasteiger partial charge is 0.253 e. The van der Waals surface area contributed by atoms with Crippen LogP contribution in [0, 0.1) is 26.7 Å². The number of aromatic amines is 1. The number of carbonyl (C=O) groups is 2. The van der Waals surface area contributed by atoms with Gasteiger partial charge in [0.05, 0.1) is 36.2 Å². The molecular formula is C18H23N3O4. The molecule has 2 aromatic rings. The SMILES string of the molecule is CC(=O)c1[nH]c(C)c(C(=O)N[C@H]2COC[C@H]2Cc2cc(C)no2)c1C. The fourth-order valence-corrected chi connectivity index (χ4v) is 3.41. The molecule has 2 aromatic heterocycles. The summed E-state index contributed by atoms with van der Waals surface area (Å²) in [6, 6.07) is 1.80. The number of ketones is 1. The average molecular weight is 345 g/mol. The number of rotatable bonds is 5. The third kappa shape index (κ3) is 3.51. The number of ether oxygens (including phenoxy) is 1. The number of Topliss-reactive ketones (excluding diaryl/α,β-unsaturated/α-hetero) is 1. The normalized spacial score (nSPS) is 20.0. The molecule has 134 valence electrons.